The summed E-state index contributed by atoms with van der Waals surface area (Å²) in [5.74, 6) is -0.00796. The summed E-state index contributed by atoms with van der Waals surface area (Å²) in [4.78, 5) is 11.4. The van der Waals surface area contributed by atoms with E-state index in [0.29, 0.717) is 30.1 Å². The number of anilines is 2. The number of aromatic nitrogens is 2. The van der Waals surface area contributed by atoms with Gasteiger partial charge in [0.1, 0.15) is 5.82 Å². The molecule has 2 aromatic carbocycles. The standard InChI is InChI=1S/C23H27F2N5/c1-30(2)22-18-7-3-4-9-20(18)28-23(29-22)27-17-12-10-16(11-13-17)26-14-15-6-5-8-19(24)21(15)25/h3-9,16-17,26H,10-14H2,1-2H3,(H,27,28,29). The predicted octanol–water partition coefficient (Wildman–Crippen LogP) is 4.49. The number of fused-ring (bicyclic) bond motifs is 1. The van der Waals surface area contributed by atoms with Crippen molar-refractivity contribution in [1.29, 1.82) is 0 Å². The van der Waals surface area contributed by atoms with Crippen LogP contribution in [0.15, 0.2) is 42.5 Å². The Labute approximate surface area is 175 Å². The molecule has 0 atom stereocenters. The maximum absolute atomic E-state index is 13.8. The van der Waals surface area contributed by atoms with Crippen LogP contribution in [-0.2, 0) is 6.54 Å². The molecule has 2 N–H and O–H groups in total. The second-order valence-corrected chi connectivity index (χ2v) is 8.07. The molecular weight excluding hydrogens is 384 g/mol. The fraction of sp³-hybridized carbons (Fsp3) is 0.391. The molecule has 0 radical (unpaired) electrons. The van der Waals surface area contributed by atoms with Gasteiger partial charge >= 0.3 is 0 Å². The summed E-state index contributed by atoms with van der Waals surface area (Å²) >= 11 is 0. The van der Waals surface area contributed by atoms with Gasteiger partial charge in [-0.05, 0) is 43.9 Å². The van der Waals surface area contributed by atoms with Gasteiger partial charge in [-0.1, -0.05) is 24.3 Å². The Morgan fingerprint density at radius 2 is 1.67 bits per heavy atom. The van der Waals surface area contributed by atoms with E-state index in [4.69, 9.17) is 4.98 Å². The quantitative estimate of drug-likeness (QED) is 0.626. The number of hydrogen-bond acceptors (Lipinski definition) is 5. The number of para-hydroxylation sites is 1. The van der Waals surface area contributed by atoms with Crippen LogP contribution in [0.2, 0.25) is 0 Å². The molecule has 0 unspecified atom stereocenters. The molecule has 1 aliphatic carbocycles. The van der Waals surface area contributed by atoms with Crippen molar-refractivity contribution in [2.24, 2.45) is 0 Å². The van der Waals surface area contributed by atoms with Crippen molar-refractivity contribution in [2.45, 2.75) is 44.3 Å². The van der Waals surface area contributed by atoms with E-state index in [2.05, 4.69) is 15.6 Å². The van der Waals surface area contributed by atoms with Crippen LogP contribution in [0.3, 0.4) is 0 Å². The van der Waals surface area contributed by atoms with E-state index in [1.807, 2.05) is 43.3 Å². The van der Waals surface area contributed by atoms with E-state index in [1.165, 1.54) is 0 Å². The largest absolute Gasteiger partial charge is 0.362 e. The van der Waals surface area contributed by atoms with E-state index in [9.17, 15) is 8.78 Å². The Balaban J connectivity index is 1.35. The molecule has 0 bridgehead atoms. The third-order valence-electron chi connectivity index (χ3n) is 5.68. The third-order valence-corrected chi connectivity index (χ3v) is 5.68. The summed E-state index contributed by atoms with van der Waals surface area (Å²) < 4.78 is 27.2. The fourth-order valence-electron chi connectivity index (χ4n) is 4.03. The lowest BCUT2D eigenvalue weighted by Gasteiger charge is -2.30. The van der Waals surface area contributed by atoms with Crippen molar-refractivity contribution in [1.82, 2.24) is 15.3 Å². The highest BCUT2D eigenvalue weighted by atomic mass is 19.2. The maximum atomic E-state index is 13.8. The molecule has 5 nitrogen and oxygen atoms in total. The maximum Gasteiger partial charge on any atom is 0.225 e. The van der Waals surface area contributed by atoms with Gasteiger partial charge in [0, 0.05) is 43.7 Å². The molecule has 1 saturated carbocycles. The molecular formula is C23H27F2N5. The van der Waals surface area contributed by atoms with Gasteiger partial charge in [-0.15, -0.1) is 0 Å². The van der Waals surface area contributed by atoms with E-state index in [1.54, 1.807) is 12.1 Å². The molecule has 4 rings (SSSR count). The number of halogens is 2. The molecule has 0 spiro atoms. The number of nitrogens with one attached hydrogen (secondary N) is 2. The predicted molar refractivity (Wildman–Crippen MR) is 117 cm³/mol. The molecule has 3 aromatic rings. The molecule has 1 heterocycles. The second kappa shape index (κ2) is 8.92. The van der Waals surface area contributed by atoms with Crippen molar-refractivity contribution in [2.75, 3.05) is 24.3 Å². The molecule has 7 heteroatoms. The number of benzene rings is 2. The first-order valence-corrected chi connectivity index (χ1v) is 10.4. The van der Waals surface area contributed by atoms with E-state index in [-0.39, 0.29) is 0 Å². The Bertz CT molecular complexity index is 1020. The Kier molecular flexibility index (Phi) is 6.08. The van der Waals surface area contributed by atoms with E-state index < -0.39 is 11.6 Å². The Hall–Kier alpha value is -2.80. The van der Waals surface area contributed by atoms with Gasteiger partial charge in [-0.2, -0.15) is 4.98 Å². The lowest BCUT2D eigenvalue weighted by molar-refractivity contribution is 0.349. The highest BCUT2D eigenvalue weighted by Crippen LogP contribution is 2.26. The summed E-state index contributed by atoms with van der Waals surface area (Å²) in [6.07, 6.45) is 3.86. The minimum atomic E-state index is -0.797. The first-order chi connectivity index (χ1) is 14.5. The van der Waals surface area contributed by atoms with E-state index in [0.717, 1.165) is 48.5 Å². The molecule has 0 saturated heterocycles. The fourth-order valence-corrected chi connectivity index (χ4v) is 4.03. The van der Waals surface area contributed by atoms with E-state index >= 15 is 0 Å². The molecule has 0 amide bonds. The SMILES string of the molecule is CN(C)c1nc(NC2CCC(NCc3cccc(F)c3F)CC2)nc2ccccc12. The van der Waals surface area contributed by atoms with Crippen molar-refractivity contribution in [3.8, 4) is 0 Å². The second-order valence-electron chi connectivity index (χ2n) is 8.07. The van der Waals surface area contributed by atoms with Gasteiger partial charge in [0.2, 0.25) is 5.95 Å². The molecule has 1 aliphatic rings. The first-order valence-electron chi connectivity index (χ1n) is 10.4. The highest BCUT2D eigenvalue weighted by Gasteiger charge is 2.22. The lowest BCUT2D eigenvalue weighted by Crippen LogP contribution is -2.37. The van der Waals surface area contributed by atoms with Crippen molar-refractivity contribution >= 4 is 22.7 Å². The first kappa shape index (κ1) is 20.5. The number of hydrogen-bond donors (Lipinski definition) is 2. The van der Waals surface area contributed by atoms with Crippen LogP contribution >= 0.6 is 0 Å². The molecule has 0 aliphatic heterocycles. The van der Waals surface area contributed by atoms with Crippen LogP contribution in [0.5, 0.6) is 0 Å². The van der Waals surface area contributed by atoms with Gasteiger partial charge in [0.15, 0.2) is 11.6 Å². The van der Waals surface area contributed by atoms with Crippen LogP contribution in [0.25, 0.3) is 10.9 Å². The van der Waals surface area contributed by atoms with Crippen molar-refractivity contribution in [3.63, 3.8) is 0 Å². The molecule has 158 valence electrons. The van der Waals surface area contributed by atoms with Crippen molar-refractivity contribution in [3.05, 3.63) is 59.7 Å². The van der Waals surface area contributed by atoms with Crippen LogP contribution in [0.4, 0.5) is 20.5 Å². The van der Waals surface area contributed by atoms with Gasteiger partial charge in [0.05, 0.1) is 5.52 Å². The summed E-state index contributed by atoms with van der Waals surface area (Å²) in [7, 11) is 3.97. The average Bonchev–Trinajstić information content (AvgIpc) is 2.75. The monoisotopic (exact) mass is 411 g/mol. The number of rotatable bonds is 6. The summed E-state index contributed by atoms with van der Waals surface area (Å²) in [5, 5.41) is 7.89. The number of nitrogens with zero attached hydrogens (tertiary/aromatic N) is 3. The summed E-state index contributed by atoms with van der Waals surface area (Å²) in [5.41, 5.74) is 1.29. The van der Waals surface area contributed by atoms with Gasteiger partial charge < -0.3 is 15.5 Å². The minimum absolute atomic E-state index is 0.292. The zero-order valence-corrected chi connectivity index (χ0v) is 17.3. The highest BCUT2D eigenvalue weighted by molar-refractivity contribution is 5.90. The van der Waals surface area contributed by atoms with Crippen LogP contribution < -0.4 is 15.5 Å². The molecule has 1 fully saturated rings. The average molecular weight is 412 g/mol. The van der Waals surface area contributed by atoms with Gasteiger partial charge in [-0.3, -0.25) is 0 Å². The van der Waals surface area contributed by atoms with Crippen molar-refractivity contribution < 1.29 is 8.78 Å². The smallest absolute Gasteiger partial charge is 0.225 e. The zero-order valence-electron chi connectivity index (χ0n) is 17.3. The summed E-state index contributed by atoms with van der Waals surface area (Å²) in [6, 6.07) is 12.9. The molecule has 30 heavy (non-hydrogen) atoms. The van der Waals surface area contributed by atoms with Crippen LogP contribution in [-0.4, -0.2) is 36.1 Å². The topological polar surface area (TPSA) is 53.1 Å². The Morgan fingerprint density at radius 1 is 0.933 bits per heavy atom. The minimum Gasteiger partial charge on any atom is -0.362 e. The Morgan fingerprint density at radius 3 is 2.43 bits per heavy atom. The van der Waals surface area contributed by atoms with Gasteiger partial charge in [0.25, 0.3) is 0 Å². The zero-order chi connectivity index (χ0) is 21.1. The lowest BCUT2D eigenvalue weighted by atomic mass is 9.91. The van der Waals surface area contributed by atoms with Gasteiger partial charge in [-0.25, -0.2) is 13.8 Å². The third kappa shape index (κ3) is 4.51. The molecule has 1 aromatic heterocycles. The van der Waals surface area contributed by atoms with Crippen LogP contribution in [0.1, 0.15) is 31.2 Å². The summed E-state index contributed by atoms with van der Waals surface area (Å²) in [6.45, 7) is 0.340. The normalized spacial score (nSPS) is 19.1. The van der Waals surface area contributed by atoms with Crippen LogP contribution in [0, 0.1) is 11.6 Å².